The lowest BCUT2D eigenvalue weighted by Crippen LogP contribution is -2.42. The summed E-state index contributed by atoms with van der Waals surface area (Å²) in [6.07, 6.45) is 5.37. The highest BCUT2D eigenvalue weighted by molar-refractivity contribution is 7.15. The number of anilines is 1. The van der Waals surface area contributed by atoms with Crippen molar-refractivity contribution in [2.75, 3.05) is 31.6 Å². The van der Waals surface area contributed by atoms with Crippen molar-refractivity contribution in [3.05, 3.63) is 46.5 Å². The molecule has 1 aromatic carbocycles. The molecule has 4 rings (SSSR count). The number of nitrogens with one attached hydrogen (secondary N) is 1. The first-order valence-electron chi connectivity index (χ1n) is 10.3. The smallest absolute Gasteiger partial charge is 0.323 e. The molecule has 1 aromatic heterocycles. The minimum atomic E-state index is -0.00885. The lowest BCUT2D eigenvalue weighted by atomic mass is 9.80. The van der Waals surface area contributed by atoms with Gasteiger partial charge in [0.25, 0.3) is 0 Å². The molecule has 0 spiro atoms. The van der Waals surface area contributed by atoms with E-state index in [0.29, 0.717) is 5.13 Å². The van der Waals surface area contributed by atoms with E-state index < -0.39 is 0 Å². The van der Waals surface area contributed by atoms with E-state index in [9.17, 15) is 4.79 Å². The number of thiazole rings is 1. The number of rotatable bonds is 4. The number of hydrogen-bond donors (Lipinski definition) is 1. The number of aryl methyl sites for hydroxylation is 1. The Bertz CT molecular complexity index is 778. The van der Waals surface area contributed by atoms with Crippen LogP contribution < -0.4 is 5.32 Å². The number of aromatic nitrogens is 1. The van der Waals surface area contributed by atoms with Crippen molar-refractivity contribution in [3.8, 4) is 0 Å². The van der Waals surface area contributed by atoms with Crippen molar-refractivity contribution >= 4 is 22.5 Å². The predicted octanol–water partition coefficient (Wildman–Crippen LogP) is 4.71. The van der Waals surface area contributed by atoms with E-state index in [4.69, 9.17) is 4.74 Å². The first-order valence-corrected chi connectivity index (χ1v) is 11.1. The molecule has 2 fully saturated rings. The average molecular weight is 400 g/mol. The average Bonchev–Trinajstić information content (AvgIpc) is 3.08. The van der Waals surface area contributed by atoms with Crippen molar-refractivity contribution in [1.82, 2.24) is 9.88 Å². The van der Waals surface area contributed by atoms with Crippen LogP contribution in [0.15, 0.2) is 30.3 Å². The van der Waals surface area contributed by atoms with Crippen molar-refractivity contribution in [2.45, 2.75) is 39.0 Å². The number of urea groups is 1. The molecule has 0 atom stereocenters. The summed E-state index contributed by atoms with van der Waals surface area (Å²) in [7, 11) is 0. The van der Waals surface area contributed by atoms with Gasteiger partial charge in [-0.05, 0) is 50.0 Å². The molecule has 0 bridgehead atoms. The summed E-state index contributed by atoms with van der Waals surface area (Å²) in [5.41, 5.74) is 2.29. The Hall–Kier alpha value is -1.92. The Kier molecular flexibility index (Phi) is 6.27. The quantitative estimate of drug-likeness (QED) is 0.810. The summed E-state index contributed by atoms with van der Waals surface area (Å²) in [5.74, 6) is 1.52. The van der Waals surface area contributed by atoms with E-state index in [1.807, 2.05) is 23.1 Å². The maximum Gasteiger partial charge on any atom is 0.323 e. The van der Waals surface area contributed by atoms with Crippen LogP contribution >= 0.6 is 11.3 Å². The fourth-order valence-electron chi connectivity index (χ4n) is 4.37. The van der Waals surface area contributed by atoms with E-state index in [2.05, 4.69) is 29.4 Å². The van der Waals surface area contributed by atoms with Gasteiger partial charge in [0.15, 0.2) is 5.13 Å². The third-order valence-corrected chi connectivity index (χ3v) is 7.01. The summed E-state index contributed by atoms with van der Waals surface area (Å²) < 4.78 is 5.48. The number of benzene rings is 1. The Morgan fingerprint density at radius 2 is 1.82 bits per heavy atom. The third-order valence-electron chi connectivity index (χ3n) is 6.08. The molecule has 0 radical (unpaired) electrons. The molecule has 28 heavy (non-hydrogen) atoms. The van der Waals surface area contributed by atoms with Gasteiger partial charge in [-0.25, -0.2) is 9.78 Å². The summed E-state index contributed by atoms with van der Waals surface area (Å²) in [4.78, 5) is 20.5. The van der Waals surface area contributed by atoms with E-state index in [1.54, 1.807) is 11.3 Å². The standard InChI is InChI=1S/C22H29N3O2S/c1-16-20(15-17-5-3-2-4-6-17)23-21(28-16)24-22(26)25-11-7-18(8-12-25)19-9-13-27-14-10-19/h2-6,18-19H,7-15H2,1H3,(H,23,24,26). The largest absolute Gasteiger partial charge is 0.381 e. The monoisotopic (exact) mass is 399 g/mol. The number of amides is 2. The zero-order valence-corrected chi connectivity index (χ0v) is 17.3. The molecule has 2 aromatic rings. The van der Waals surface area contributed by atoms with Crippen LogP contribution in [-0.2, 0) is 11.2 Å². The van der Waals surface area contributed by atoms with Gasteiger partial charge >= 0.3 is 6.03 Å². The Morgan fingerprint density at radius 1 is 1.14 bits per heavy atom. The van der Waals surface area contributed by atoms with Crippen LogP contribution in [0.2, 0.25) is 0 Å². The summed E-state index contributed by atoms with van der Waals surface area (Å²) in [6.45, 7) is 5.56. The van der Waals surface area contributed by atoms with Crippen molar-refractivity contribution in [2.24, 2.45) is 11.8 Å². The summed E-state index contributed by atoms with van der Waals surface area (Å²) in [6, 6.07) is 10.3. The minimum Gasteiger partial charge on any atom is -0.381 e. The van der Waals surface area contributed by atoms with Crippen LogP contribution in [0.5, 0.6) is 0 Å². The second-order valence-corrected chi connectivity index (χ2v) is 9.09. The SMILES string of the molecule is Cc1sc(NC(=O)N2CCC(C3CCOCC3)CC2)nc1Cc1ccccc1. The zero-order valence-electron chi connectivity index (χ0n) is 16.5. The van der Waals surface area contributed by atoms with Crippen molar-refractivity contribution in [1.29, 1.82) is 0 Å². The Labute approximate surface area is 171 Å². The fourth-order valence-corrected chi connectivity index (χ4v) is 5.19. The highest BCUT2D eigenvalue weighted by atomic mass is 32.1. The molecule has 6 heteroatoms. The summed E-state index contributed by atoms with van der Waals surface area (Å²) >= 11 is 1.57. The molecule has 2 amide bonds. The number of nitrogens with zero attached hydrogens (tertiary/aromatic N) is 2. The Morgan fingerprint density at radius 3 is 2.54 bits per heavy atom. The lowest BCUT2D eigenvalue weighted by Gasteiger charge is -2.37. The molecule has 5 nitrogen and oxygen atoms in total. The minimum absolute atomic E-state index is 0.00885. The van der Waals surface area contributed by atoms with Gasteiger partial charge < -0.3 is 9.64 Å². The molecule has 1 N–H and O–H groups in total. The Balaban J connectivity index is 1.30. The van der Waals surface area contributed by atoms with Gasteiger partial charge in [0.2, 0.25) is 0 Å². The van der Waals surface area contributed by atoms with Gasteiger partial charge in [-0.15, -0.1) is 11.3 Å². The fraction of sp³-hybridized carbons (Fsp3) is 0.545. The van der Waals surface area contributed by atoms with Gasteiger partial charge in [0, 0.05) is 37.6 Å². The van der Waals surface area contributed by atoms with E-state index in [-0.39, 0.29) is 6.03 Å². The molecule has 150 valence electrons. The van der Waals surface area contributed by atoms with Gasteiger partial charge in [0.1, 0.15) is 0 Å². The van der Waals surface area contributed by atoms with E-state index in [0.717, 1.165) is 68.0 Å². The maximum atomic E-state index is 12.7. The first-order chi connectivity index (χ1) is 13.7. The molecular weight excluding hydrogens is 370 g/mol. The highest BCUT2D eigenvalue weighted by Gasteiger charge is 2.29. The van der Waals surface area contributed by atoms with Crippen LogP contribution in [0.1, 0.15) is 41.8 Å². The molecule has 2 saturated heterocycles. The first kappa shape index (κ1) is 19.4. The molecular formula is C22H29N3O2S. The second kappa shape index (κ2) is 9.05. The number of piperidine rings is 1. The number of carbonyl (C=O) groups is 1. The highest BCUT2D eigenvalue weighted by Crippen LogP contribution is 2.32. The van der Waals surface area contributed by atoms with Crippen molar-refractivity contribution < 1.29 is 9.53 Å². The molecule has 3 heterocycles. The van der Waals surface area contributed by atoms with E-state index >= 15 is 0 Å². The van der Waals surface area contributed by atoms with Crippen LogP contribution in [0.3, 0.4) is 0 Å². The van der Waals surface area contributed by atoms with Gasteiger partial charge in [-0.1, -0.05) is 30.3 Å². The van der Waals surface area contributed by atoms with Crippen LogP contribution in [0.25, 0.3) is 0 Å². The zero-order chi connectivity index (χ0) is 19.3. The topological polar surface area (TPSA) is 54.5 Å². The second-order valence-electron chi connectivity index (χ2n) is 7.89. The predicted molar refractivity (Wildman–Crippen MR) is 113 cm³/mol. The molecule has 2 aliphatic rings. The molecule has 0 unspecified atom stereocenters. The van der Waals surface area contributed by atoms with Crippen molar-refractivity contribution in [3.63, 3.8) is 0 Å². The van der Waals surface area contributed by atoms with Gasteiger partial charge in [-0.2, -0.15) is 0 Å². The maximum absolute atomic E-state index is 12.7. The molecule has 0 aliphatic carbocycles. The number of hydrogen-bond acceptors (Lipinski definition) is 4. The lowest BCUT2D eigenvalue weighted by molar-refractivity contribution is 0.0341. The molecule has 0 saturated carbocycles. The third kappa shape index (κ3) is 4.73. The number of likely N-dealkylation sites (tertiary alicyclic amines) is 1. The van der Waals surface area contributed by atoms with Crippen LogP contribution in [0.4, 0.5) is 9.93 Å². The number of carbonyl (C=O) groups excluding carboxylic acids is 1. The number of ether oxygens (including phenoxy) is 1. The van der Waals surface area contributed by atoms with E-state index in [1.165, 1.54) is 18.4 Å². The normalized spacial score (nSPS) is 19.0. The van der Waals surface area contributed by atoms with Crippen LogP contribution in [-0.4, -0.2) is 42.2 Å². The molecule has 2 aliphatic heterocycles. The van der Waals surface area contributed by atoms with Crippen LogP contribution in [0, 0.1) is 18.8 Å². The summed E-state index contributed by atoms with van der Waals surface area (Å²) in [5, 5.41) is 3.74. The van der Waals surface area contributed by atoms with Gasteiger partial charge in [0.05, 0.1) is 5.69 Å². The van der Waals surface area contributed by atoms with Gasteiger partial charge in [-0.3, -0.25) is 5.32 Å².